The maximum atomic E-state index is 4.84. The second-order valence-corrected chi connectivity index (χ2v) is 7.26. The third-order valence-electron chi connectivity index (χ3n) is 3.58. The average Bonchev–Trinajstić information content (AvgIpc) is 3.21. The van der Waals surface area contributed by atoms with Crippen LogP contribution in [0.25, 0.3) is 16.9 Å². The Morgan fingerprint density at radius 2 is 2.00 bits per heavy atom. The van der Waals surface area contributed by atoms with Crippen molar-refractivity contribution in [3.63, 3.8) is 0 Å². The zero-order valence-electron chi connectivity index (χ0n) is 12.5. The maximum absolute atomic E-state index is 4.84. The highest BCUT2D eigenvalue weighted by Gasteiger charge is 2.15. The van der Waals surface area contributed by atoms with E-state index in [1.54, 1.807) is 28.6 Å². The highest BCUT2D eigenvalue weighted by atomic mass is 32.2. The molecule has 0 N–H and O–H groups in total. The van der Waals surface area contributed by atoms with Crippen LogP contribution in [0.3, 0.4) is 0 Å². The van der Waals surface area contributed by atoms with Gasteiger partial charge in [-0.05, 0) is 18.6 Å². The lowest BCUT2D eigenvalue weighted by Gasteiger charge is -2.05. The molecule has 6 heteroatoms. The van der Waals surface area contributed by atoms with E-state index in [9.17, 15) is 0 Å². The predicted molar refractivity (Wildman–Crippen MR) is 94.8 cm³/mol. The number of aromatic nitrogens is 4. The van der Waals surface area contributed by atoms with E-state index in [2.05, 4.69) is 52.0 Å². The Bertz CT molecular complexity index is 930. The van der Waals surface area contributed by atoms with Crippen LogP contribution in [-0.4, -0.2) is 19.6 Å². The molecule has 23 heavy (non-hydrogen) atoms. The number of aryl methyl sites for hydroxylation is 1. The lowest BCUT2D eigenvalue weighted by molar-refractivity contribution is 1.01. The van der Waals surface area contributed by atoms with Gasteiger partial charge < -0.3 is 4.40 Å². The Morgan fingerprint density at radius 1 is 1.13 bits per heavy atom. The topological polar surface area (TPSA) is 43.1 Å². The number of hydrogen-bond acceptors (Lipinski definition) is 5. The highest BCUT2D eigenvalue weighted by Crippen LogP contribution is 2.31. The number of rotatable bonds is 4. The average molecular weight is 338 g/mol. The lowest BCUT2D eigenvalue weighted by atomic mass is 10.1. The summed E-state index contributed by atoms with van der Waals surface area (Å²) < 4.78 is 3.16. The first-order valence-corrected chi connectivity index (χ1v) is 9.10. The number of benzene rings is 1. The summed E-state index contributed by atoms with van der Waals surface area (Å²) in [7, 11) is 0. The Balaban J connectivity index is 1.82. The van der Waals surface area contributed by atoms with Gasteiger partial charge in [0.25, 0.3) is 0 Å². The minimum Gasteiger partial charge on any atom is -0.302 e. The second-order valence-electron chi connectivity index (χ2n) is 5.20. The number of imidazole rings is 1. The molecular weight excluding hydrogens is 324 g/mol. The van der Waals surface area contributed by atoms with Crippen molar-refractivity contribution < 1.29 is 0 Å². The molecule has 3 aromatic heterocycles. The van der Waals surface area contributed by atoms with Gasteiger partial charge in [-0.2, -0.15) is 0 Å². The largest absolute Gasteiger partial charge is 0.302 e. The van der Waals surface area contributed by atoms with Gasteiger partial charge in [-0.15, -0.1) is 10.2 Å². The monoisotopic (exact) mass is 338 g/mol. The van der Waals surface area contributed by atoms with Crippen molar-refractivity contribution >= 4 is 28.7 Å². The maximum Gasteiger partial charge on any atom is 0.174 e. The molecule has 4 aromatic rings. The molecule has 0 aliphatic heterocycles. The van der Waals surface area contributed by atoms with Gasteiger partial charge in [0.05, 0.1) is 11.4 Å². The van der Waals surface area contributed by atoms with Gasteiger partial charge in [-0.1, -0.05) is 59.5 Å². The Labute approximate surface area is 142 Å². The van der Waals surface area contributed by atoms with Gasteiger partial charge in [0.15, 0.2) is 4.34 Å². The van der Waals surface area contributed by atoms with Crippen molar-refractivity contribution in [2.24, 2.45) is 0 Å². The zero-order valence-corrected chi connectivity index (χ0v) is 14.1. The third-order valence-corrected chi connectivity index (χ3v) is 5.46. The first-order valence-electron chi connectivity index (χ1n) is 7.23. The lowest BCUT2D eigenvalue weighted by Crippen LogP contribution is -1.93. The molecule has 1 aromatic carbocycles. The molecule has 0 fully saturated rings. The third kappa shape index (κ3) is 2.87. The van der Waals surface area contributed by atoms with Crippen LogP contribution < -0.4 is 0 Å². The minimum absolute atomic E-state index is 0.810. The fraction of sp³-hybridized carbons (Fsp3) is 0.118. The molecule has 0 spiro atoms. The van der Waals surface area contributed by atoms with Crippen LogP contribution in [0.15, 0.2) is 58.5 Å². The second kappa shape index (κ2) is 6.14. The van der Waals surface area contributed by atoms with Crippen molar-refractivity contribution in [1.82, 2.24) is 19.6 Å². The van der Waals surface area contributed by atoms with Crippen molar-refractivity contribution in [3.05, 3.63) is 65.4 Å². The molecule has 4 rings (SSSR count). The highest BCUT2D eigenvalue weighted by molar-refractivity contribution is 8.00. The fourth-order valence-electron chi connectivity index (χ4n) is 2.52. The van der Waals surface area contributed by atoms with Crippen molar-refractivity contribution in [2.45, 2.75) is 17.0 Å². The minimum atomic E-state index is 0.810. The van der Waals surface area contributed by atoms with Crippen LogP contribution in [0.4, 0.5) is 0 Å². The number of thioether (sulfide) groups is 1. The van der Waals surface area contributed by atoms with Crippen LogP contribution in [0.5, 0.6) is 0 Å². The van der Waals surface area contributed by atoms with Gasteiger partial charge in [0, 0.05) is 17.5 Å². The normalized spacial score (nSPS) is 11.2. The van der Waals surface area contributed by atoms with E-state index >= 15 is 0 Å². The quantitative estimate of drug-likeness (QED) is 0.516. The SMILES string of the molecule is Cc1ccc2nc(-c3ccccc3)c(CSc3nncs3)n2c1. The summed E-state index contributed by atoms with van der Waals surface area (Å²) in [6, 6.07) is 14.5. The van der Waals surface area contributed by atoms with Gasteiger partial charge in [-0.25, -0.2) is 4.98 Å². The van der Waals surface area contributed by atoms with Crippen molar-refractivity contribution in [1.29, 1.82) is 0 Å². The summed E-state index contributed by atoms with van der Waals surface area (Å²) in [5, 5.41) is 8.02. The first-order chi connectivity index (χ1) is 11.3. The van der Waals surface area contributed by atoms with Crippen LogP contribution >= 0.6 is 23.1 Å². The molecule has 0 unspecified atom stereocenters. The van der Waals surface area contributed by atoms with E-state index in [0.29, 0.717) is 0 Å². The first kappa shape index (κ1) is 14.4. The zero-order chi connectivity index (χ0) is 15.6. The molecule has 114 valence electrons. The summed E-state index contributed by atoms with van der Waals surface area (Å²) in [4.78, 5) is 4.84. The molecule has 0 aliphatic carbocycles. The predicted octanol–water partition coefficient (Wildman–Crippen LogP) is 4.45. The van der Waals surface area contributed by atoms with E-state index in [-0.39, 0.29) is 0 Å². The number of pyridine rings is 1. The summed E-state index contributed by atoms with van der Waals surface area (Å²) in [5.41, 5.74) is 7.32. The van der Waals surface area contributed by atoms with Gasteiger partial charge in [0.1, 0.15) is 11.2 Å². The van der Waals surface area contributed by atoms with E-state index in [1.165, 1.54) is 11.3 Å². The van der Waals surface area contributed by atoms with Gasteiger partial charge in [0.2, 0.25) is 0 Å². The van der Waals surface area contributed by atoms with E-state index < -0.39 is 0 Å². The molecule has 4 nitrogen and oxygen atoms in total. The van der Waals surface area contributed by atoms with E-state index in [1.807, 2.05) is 18.2 Å². The molecular formula is C17H14N4S2. The smallest absolute Gasteiger partial charge is 0.174 e. The molecule has 0 aliphatic rings. The molecule has 0 saturated carbocycles. The molecule has 0 saturated heterocycles. The number of hydrogen-bond donors (Lipinski definition) is 0. The van der Waals surface area contributed by atoms with Crippen LogP contribution in [0.2, 0.25) is 0 Å². The Hall–Kier alpha value is -2.18. The van der Waals surface area contributed by atoms with Crippen molar-refractivity contribution in [3.8, 4) is 11.3 Å². The van der Waals surface area contributed by atoms with Gasteiger partial charge >= 0.3 is 0 Å². The molecule has 0 radical (unpaired) electrons. The van der Waals surface area contributed by atoms with E-state index in [0.717, 1.165) is 27.0 Å². The summed E-state index contributed by atoms with van der Waals surface area (Å²) >= 11 is 3.26. The molecule has 0 amide bonds. The summed E-state index contributed by atoms with van der Waals surface area (Å²) in [6.45, 7) is 2.10. The fourth-order valence-corrected chi connectivity index (χ4v) is 4.02. The van der Waals surface area contributed by atoms with E-state index in [4.69, 9.17) is 4.98 Å². The van der Waals surface area contributed by atoms with Crippen LogP contribution in [-0.2, 0) is 5.75 Å². The Morgan fingerprint density at radius 3 is 2.78 bits per heavy atom. The molecule has 0 bridgehead atoms. The Kier molecular flexibility index (Phi) is 3.85. The van der Waals surface area contributed by atoms with Crippen LogP contribution in [0.1, 0.15) is 11.3 Å². The number of fused-ring (bicyclic) bond motifs is 1. The van der Waals surface area contributed by atoms with Gasteiger partial charge in [-0.3, -0.25) is 0 Å². The van der Waals surface area contributed by atoms with Crippen molar-refractivity contribution in [2.75, 3.05) is 0 Å². The summed E-state index contributed by atoms with van der Waals surface area (Å²) in [6.07, 6.45) is 2.14. The summed E-state index contributed by atoms with van der Waals surface area (Å²) in [5.74, 6) is 0.810. The molecule has 3 heterocycles. The van der Waals surface area contributed by atoms with Crippen LogP contribution in [0, 0.1) is 6.92 Å². The number of nitrogens with zero attached hydrogens (tertiary/aromatic N) is 4. The standard InChI is InChI=1S/C17H14N4S2/c1-12-7-8-15-19-16(13-5-3-2-4-6-13)14(21(15)9-12)10-22-17-20-18-11-23-17/h2-9,11H,10H2,1H3. The molecule has 0 atom stereocenters.